The SMILES string of the molecule is CCCC(C)(C)CSc1sc(C)c(C)n2c(=O)nc(NS(=O)(=O)c3ccc(Br)cc3)c1-2. The Labute approximate surface area is 200 Å². The van der Waals surface area contributed by atoms with Gasteiger partial charge in [0.25, 0.3) is 10.0 Å². The Kier molecular flexibility index (Phi) is 7.25. The van der Waals surface area contributed by atoms with E-state index in [1.165, 1.54) is 16.7 Å². The molecule has 0 saturated carbocycles. The number of thioether (sulfide) groups is 1. The van der Waals surface area contributed by atoms with E-state index in [1.54, 1.807) is 35.2 Å². The summed E-state index contributed by atoms with van der Waals surface area (Å²) in [6, 6.07) is 6.32. The van der Waals surface area contributed by atoms with Gasteiger partial charge in [-0.3, -0.25) is 9.29 Å². The van der Waals surface area contributed by atoms with Crippen LogP contribution in [-0.2, 0) is 10.0 Å². The van der Waals surface area contributed by atoms with Crippen molar-refractivity contribution in [3.63, 3.8) is 0 Å². The zero-order chi connectivity index (χ0) is 23.0. The van der Waals surface area contributed by atoms with Crippen molar-refractivity contribution in [3.05, 3.63) is 49.8 Å². The molecule has 3 rings (SSSR count). The van der Waals surface area contributed by atoms with Crippen LogP contribution in [0.1, 0.15) is 44.2 Å². The topological polar surface area (TPSA) is 81.1 Å². The van der Waals surface area contributed by atoms with Gasteiger partial charge in [-0.2, -0.15) is 4.98 Å². The van der Waals surface area contributed by atoms with Crippen molar-refractivity contribution < 1.29 is 8.42 Å². The molecular formula is C21H26BrN3O3S3. The van der Waals surface area contributed by atoms with Crippen molar-refractivity contribution in [1.82, 2.24) is 9.55 Å². The summed E-state index contributed by atoms with van der Waals surface area (Å²) in [7, 11) is -3.89. The lowest BCUT2D eigenvalue weighted by Gasteiger charge is -2.24. The molecule has 0 saturated heterocycles. The standard InChI is InChI=1S/C21H26BrN3O3S3/c1-6-11-21(4,5)12-29-19-17-18(23-20(26)25(17)13(2)14(3)30-19)24-31(27,28)16-9-7-15(22)8-10-16/h7-10H,6,11-12H2,1-5H3,(H,23,24,26). The third-order valence-electron chi connectivity index (χ3n) is 5.01. The molecule has 0 spiro atoms. The number of aryl methyl sites for hydroxylation is 1. The average molecular weight is 545 g/mol. The normalized spacial score (nSPS) is 12.5. The Hall–Kier alpha value is -1.36. The summed E-state index contributed by atoms with van der Waals surface area (Å²) in [5.74, 6) is 0.927. The second-order valence-electron chi connectivity index (χ2n) is 8.22. The van der Waals surface area contributed by atoms with Crippen LogP contribution in [-0.4, -0.2) is 23.7 Å². The highest BCUT2D eigenvalue weighted by molar-refractivity contribution is 9.10. The number of fused-ring (bicyclic) bond motifs is 1. The van der Waals surface area contributed by atoms with Gasteiger partial charge in [0.15, 0.2) is 5.82 Å². The highest BCUT2D eigenvalue weighted by atomic mass is 79.9. The summed E-state index contributed by atoms with van der Waals surface area (Å²) in [6.07, 6.45) is 2.18. The molecule has 6 nitrogen and oxygen atoms in total. The van der Waals surface area contributed by atoms with Crippen molar-refractivity contribution >= 4 is 54.9 Å². The van der Waals surface area contributed by atoms with Crippen LogP contribution in [0, 0.1) is 19.3 Å². The Balaban J connectivity index is 2.06. The minimum atomic E-state index is -3.89. The fourth-order valence-corrected chi connectivity index (χ4v) is 7.15. The molecule has 0 aliphatic carbocycles. The summed E-state index contributed by atoms with van der Waals surface area (Å²) >= 11 is 6.52. The summed E-state index contributed by atoms with van der Waals surface area (Å²) in [5, 5.41) is 0. The maximum atomic E-state index is 13.0. The van der Waals surface area contributed by atoms with Gasteiger partial charge in [-0.05, 0) is 49.9 Å². The molecular weight excluding hydrogens is 518 g/mol. The Morgan fingerprint density at radius 2 is 1.87 bits per heavy atom. The van der Waals surface area contributed by atoms with Crippen LogP contribution in [0.5, 0.6) is 0 Å². The van der Waals surface area contributed by atoms with Crippen LogP contribution < -0.4 is 10.4 Å². The van der Waals surface area contributed by atoms with Gasteiger partial charge in [-0.1, -0.05) is 43.1 Å². The summed E-state index contributed by atoms with van der Waals surface area (Å²) in [5.41, 5.74) is 0.936. The molecule has 1 N–H and O–H groups in total. The molecule has 0 radical (unpaired) electrons. The second kappa shape index (κ2) is 9.25. The fourth-order valence-electron chi connectivity index (χ4n) is 3.30. The summed E-state index contributed by atoms with van der Waals surface area (Å²) in [6.45, 7) is 10.4. The van der Waals surface area contributed by atoms with Gasteiger partial charge in [-0.25, -0.2) is 13.2 Å². The van der Waals surface area contributed by atoms with E-state index >= 15 is 0 Å². The van der Waals surface area contributed by atoms with Crippen molar-refractivity contribution in [1.29, 1.82) is 0 Å². The molecule has 31 heavy (non-hydrogen) atoms. The van der Waals surface area contributed by atoms with Gasteiger partial charge in [0.2, 0.25) is 0 Å². The minimum Gasteiger partial charge on any atom is -0.261 e. The van der Waals surface area contributed by atoms with E-state index in [0.717, 1.165) is 37.8 Å². The molecule has 0 unspecified atom stereocenters. The Morgan fingerprint density at radius 3 is 2.48 bits per heavy atom. The van der Waals surface area contributed by atoms with Crippen LogP contribution in [0.25, 0.3) is 5.69 Å². The molecule has 0 fully saturated rings. The maximum absolute atomic E-state index is 13.0. The third-order valence-corrected chi connectivity index (χ3v) is 9.86. The fraction of sp³-hybridized carbons (Fsp3) is 0.429. The van der Waals surface area contributed by atoms with E-state index < -0.39 is 15.7 Å². The first kappa shape index (κ1) is 24.3. The number of halogens is 1. The van der Waals surface area contributed by atoms with Crippen LogP contribution >= 0.6 is 39.0 Å². The first-order valence-electron chi connectivity index (χ1n) is 9.89. The number of rotatable bonds is 8. The van der Waals surface area contributed by atoms with Gasteiger partial charge in [0.1, 0.15) is 5.69 Å². The van der Waals surface area contributed by atoms with Crippen LogP contribution in [0.15, 0.2) is 42.6 Å². The lowest BCUT2D eigenvalue weighted by Crippen LogP contribution is -2.18. The van der Waals surface area contributed by atoms with E-state index in [-0.39, 0.29) is 16.1 Å². The van der Waals surface area contributed by atoms with Crippen molar-refractivity contribution in [2.24, 2.45) is 5.41 Å². The molecule has 1 aromatic carbocycles. The number of hydrogen-bond acceptors (Lipinski definition) is 6. The molecule has 2 aliphatic rings. The highest BCUT2D eigenvalue weighted by Gasteiger charge is 2.28. The number of hydrogen-bond donors (Lipinski definition) is 1. The van der Waals surface area contributed by atoms with Crippen molar-refractivity contribution in [3.8, 4) is 5.69 Å². The number of imidazole rings is 1. The number of anilines is 1. The number of benzene rings is 1. The van der Waals surface area contributed by atoms with Crippen LogP contribution in [0.3, 0.4) is 0 Å². The highest BCUT2D eigenvalue weighted by Crippen LogP contribution is 2.41. The molecule has 0 bridgehead atoms. The number of nitrogens with zero attached hydrogens (tertiary/aromatic N) is 2. The van der Waals surface area contributed by atoms with Crippen molar-refractivity contribution in [2.75, 3.05) is 10.5 Å². The largest absolute Gasteiger partial charge is 0.354 e. The minimum absolute atomic E-state index is 0.0723. The zero-order valence-electron chi connectivity index (χ0n) is 18.2. The second-order valence-corrected chi connectivity index (χ2v) is 13.3. The first-order chi connectivity index (χ1) is 14.4. The quantitative estimate of drug-likeness (QED) is 0.361. The number of nitrogens with one attached hydrogen (secondary N) is 1. The first-order valence-corrected chi connectivity index (χ1v) is 14.0. The number of aromatic nitrogens is 2. The van der Waals surface area contributed by atoms with E-state index in [0.29, 0.717) is 5.69 Å². The van der Waals surface area contributed by atoms with Crippen molar-refractivity contribution in [2.45, 2.75) is 56.6 Å². The van der Waals surface area contributed by atoms with E-state index in [2.05, 4.69) is 46.4 Å². The molecule has 0 aromatic heterocycles. The molecule has 2 aliphatic heterocycles. The molecule has 0 atom stereocenters. The maximum Gasteiger partial charge on any atom is 0.354 e. The van der Waals surface area contributed by atoms with Crippen LogP contribution in [0.4, 0.5) is 5.82 Å². The van der Waals surface area contributed by atoms with Gasteiger partial charge < -0.3 is 0 Å². The van der Waals surface area contributed by atoms with Gasteiger partial charge in [0, 0.05) is 20.8 Å². The monoisotopic (exact) mass is 543 g/mol. The van der Waals surface area contributed by atoms with E-state index in [1.807, 2.05) is 13.8 Å². The van der Waals surface area contributed by atoms with Gasteiger partial charge >= 0.3 is 5.69 Å². The lowest BCUT2D eigenvalue weighted by molar-refractivity contribution is 0.382. The van der Waals surface area contributed by atoms with Gasteiger partial charge in [-0.15, -0.1) is 23.1 Å². The molecule has 168 valence electrons. The predicted octanol–water partition coefficient (Wildman–Crippen LogP) is 5.83. The predicted molar refractivity (Wildman–Crippen MR) is 133 cm³/mol. The van der Waals surface area contributed by atoms with Crippen LogP contribution in [0.2, 0.25) is 0 Å². The molecule has 1 aromatic rings. The Morgan fingerprint density at radius 1 is 1.23 bits per heavy atom. The van der Waals surface area contributed by atoms with E-state index in [4.69, 9.17) is 0 Å². The average Bonchev–Trinajstić information content (AvgIpc) is 2.99. The zero-order valence-corrected chi connectivity index (χ0v) is 22.2. The number of sulfonamides is 1. The smallest absolute Gasteiger partial charge is 0.261 e. The Bertz CT molecular complexity index is 1220. The summed E-state index contributed by atoms with van der Waals surface area (Å²) < 4.78 is 31.6. The molecule has 10 heteroatoms. The van der Waals surface area contributed by atoms with Gasteiger partial charge in [0.05, 0.1) is 9.10 Å². The van der Waals surface area contributed by atoms with E-state index in [9.17, 15) is 13.2 Å². The lowest BCUT2D eigenvalue weighted by atomic mass is 9.91. The molecule has 0 amide bonds. The third kappa shape index (κ3) is 5.35. The summed E-state index contributed by atoms with van der Waals surface area (Å²) in [4.78, 5) is 17.9. The molecule has 2 heterocycles.